The van der Waals surface area contributed by atoms with Crippen molar-refractivity contribution in [1.29, 1.82) is 0 Å². The first kappa shape index (κ1) is 18.2. The van der Waals surface area contributed by atoms with Crippen molar-refractivity contribution >= 4 is 17.2 Å². The van der Waals surface area contributed by atoms with Crippen molar-refractivity contribution in [2.24, 2.45) is 5.73 Å². The standard InChI is InChI=1S/C21H28N2OS/c1-2-9-23(10-7-16-8-11-25-15-16)20-6-5-18-4-3-17(13-21(22)24)12-19(18)14-20/h3-4,8,11-12,15,20H,2,5-7,9-10,13-14H2,1H3,(H2,22,24). The predicted octanol–water partition coefficient (Wildman–Crippen LogP) is 3.59. The number of carbonyl (C=O) groups excluding carboxylic acids is 1. The summed E-state index contributed by atoms with van der Waals surface area (Å²) < 4.78 is 0. The van der Waals surface area contributed by atoms with E-state index in [2.05, 4.69) is 46.8 Å². The highest BCUT2D eigenvalue weighted by atomic mass is 32.1. The molecule has 134 valence electrons. The summed E-state index contributed by atoms with van der Waals surface area (Å²) in [6.07, 6.45) is 6.12. The van der Waals surface area contributed by atoms with E-state index in [1.54, 1.807) is 11.3 Å². The molecule has 1 aromatic carbocycles. The Balaban J connectivity index is 1.68. The number of nitrogens with two attached hydrogens (primary N) is 1. The molecular formula is C21H28N2OS. The first-order valence-electron chi connectivity index (χ1n) is 9.29. The maximum atomic E-state index is 11.2. The Morgan fingerprint density at radius 1 is 1.24 bits per heavy atom. The molecule has 25 heavy (non-hydrogen) atoms. The molecule has 1 amide bonds. The van der Waals surface area contributed by atoms with Crippen LogP contribution in [0.15, 0.2) is 35.0 Å². The van der Waals surface area contributed by atoms with Crippen LogP contribution in [0.1, 0.15) is 42.0 Å². The Kier molecular flexibility index (Phi) is 6.27. The van der Waals surface area contributed by atoms with E-state index in [1.807, 2.05) is 0 Å². The van der Waals surface area contributed by atoms with Gasteiger partial charge in [-0.15, -0.1) is 0 Å². The van der Waals surface area contributed by atoms with Gasteiger partial charge < -0.3 is 5.73 Å². The van der Waals surface area contributed by atoms with Crippen LogP contribution in [0.2, 0.25) is 0 Å². The predicted molar refractivity (Wildman–Crippen MR) is 105 cm³/mol. The molecule has 1 unspecified atom stereocenters. The van der Waals surface area contributed by atoms with Gasteiger partial charge >= 0.3 is 0 Å². The number of benzene rings is 1. The van der Waals surface area contributed by atoms with Gasteiger partial charge in [0, 0.05) is 12.6 Å². The monoisotopic (exact) mass is 356 g/mol. The van der Waals surface area contributed by atoms with Gasteiger partial charge in [0.05, 0.1) is 6.42 Å². The van der Waals surface area contributed by atoms with Crippen LogP contribution < -0.4 is 5.73 Å². The Morgan fingerprint density at radius 2 is 2.12 bits per heavy atom. The molecule has 2 aromatic rings. The number of nitrogens with zero attached hydrogens (tertiary/aromatic N) is 1. The lowest BCUT2D eigenvalue weighted by Crippen LogP contribution is -2.41. The van der Waals surface area contributed by atoms with Crippen molar-refractivity contribution in [1.82, 2.24) is 4.90 Å². The van der Waals surface area contributed by atoms with E-state index in [0.29, 0.717) is 12.5 Å². The second-order valence-electron chi connectivity index (χ2n) is 7.06. The van der Waals surface area contributed by atoms with Crippen LogP contribution in [0.3, 0.4) is 0 Å². The van der Waals surface area contributed by atoms with E-state index in [0.717, 1.165) is 37.9 Å². The summed E-state index contributed by atoms with van der Waals surface area (Å²) in [5, 5.41) is 4.42. The summed E-state index contributed by atoms with van der Waals surface area (Å²) in [7, 11) is 0. The number of carbonyl (C=O) groups is 1. The van der Waals surface area contributed by atoms with Gasteiger partial charge in [-0.25, -0.2) is 0 Å². The largest absolute Gasteiger partial charge is 0.369 e. The van der Waals surface area contributed by atoms with E-state index in [-0.39, 0.29) is 5.91 Å². The number of hydrogen-bond donors (Lipinski definition) is 1. The van der Waals surface area contributed by atoms with Crippen molar-refractivity contribution in [3.05, 3.63) is 57.3 Å². The van der Waals surface area contributed by atoms with Gasteiger partial charge in [-0.1, -0.05) is 25.1 Å². The summed E-state index contributed by atoms with van der Waals surface area (Å²) in [5.74, 6) is -0.254. The fourth-order valence-electron chi connectivity index (χ4n) is 3.89. The van der Waals surface area contributed by atoms with Crippen molar-refractivity contribution in [3.63, 3.8) is 0 Å². The lowest BCUT2D eigenvalue weighted by Gasteiger charge is -2.35. The third kappa shape index (κ3) is 4.93. The van der Waals surface area contributed by atoms with E-state index < -0.39 is 0 Å². The van der Waals surface area contributed by atoms with Gasteiger partial charge in [0.1, 0.15) is 0 Å². The van der Waals surface area contributed by atoms with Crippen LogP contribution in [0.4, 0.5) is 0 Å². The fourth-order valence-corrected chi connectivity index (χ4v) is 4.59. The molecule has 3 rings (SSSR count). The van der Waals surface area contributed by atoms with Crippen LogP contribution in [0, 0.1) is 0 Å². The molecule has 0 spiro atoms. The second-order valence-corrected chi connectivity index (χ2v) is 7.84. The number of thiophene rings is 1. The zero-order valence-corrected chi connectivity index (χ0v) is 15.9. The maximum absolute atomic E-state index is 11.2. The van der Waals surface area contributed by atoms with Gasteiger partial charge in [0.2, 0.25) is 5.91 Å². The first-order chi connectivity index (χ1) is 12.2. The zero-order valence-electron chi connectivity index (χ0n) is 15.0. The van der Waals surface area contributed by atoms with Crippen molar-refractivity contribution in [2.75, 3.05) is 13.1 Å². The van der Waals surface area contributed by atoms with Gasteiger partial charge in [-0.3, -0.25) is 9.69 Å². The van der Waals surface area contributed by atoms with Crippen LogP contribution in [0.25, 0.3) is 0 Å². The van der Waals surface area contributed by atoms with Gasteiger partial charge in [0.25, 0.3) is 0 Å². The minimum atomic E-state index is -0.254. The molecule has 1 atom stereocenters. The Hall–Kier alpha value is -1.65. The molecule has 1 heterocycles. The molecule has 2 N–H and O–H groups in total. The van der Waals surface area contributed by atoms with E-state index >= 15 is 0 Å². The van der Waals surface area contributed by atoms with Crippen molar-refractivity contribution < 1.29 is 4.79 Å². The molecule has 3 nitrogen and oxygen atoms in total. The quantitative estimate of drug-likeness (QED) is 0.786. The molecule has 1 aromatic heterocycles. The summed E-state index contributed by atoms with van der Waals surface area (Å²) in [4.78, 5) is 13.9. The third-order valence-electron chi connectivity index (χ3n) is 5.15. The van der Waals surface area contributed by atoms with Crippen LogP contribution in [-0.4, -0.2) is 29.9 Å². The molecule has 0 saturated heterocycles. The molecule has 0 saturated carbocycles. The van der Waals surface area contributed by atoms with Crippen LogP contribution in [-0.2, 0) is 30.5 Å². The zero-order chi connectivity index (χ0) is 17.6. The molecule has 0 radical (unpaired) electrons. The molecular weight excluding hydrogens is 328 g/mol. The fraction of sp³-hybridized carbons (Fsp3) is 0.476. The topological polar surface area (TPSA) is 46.3 Å². The number of primary amides is 1. The highest BCUT2D eigenvalue weighted by Gasteiger charge is 2.24. The highest BCUT2D eigenvalue weighted by Crippen LogP contribution is 2.26. The minimum absolute atomic E-state index is 0.254. The molecule has 1 aliphatic rings. The molecule has 4 heteroatoms. The molecule has 0 bridgehead atoms. The van der Waals surface area contributed by atoms with Crippen LogP contribution >= 0.6 is 11.3 Å². The summed E-state index contributed by atoms with van der Waals surface area (Å²) in [6, 6.07) is 9.30. The Labute approximate surface area is 154 Å². The second kappa shape index (κ2) is 8.63. The molecule has 0 aliphatic heterocycles. The number of rotatable bonds is 8. The number of fused-ring (bicyclic) bond motifs is 1. The SMILES string of the molecule is CCCN(CCc1ccsc1)C1CCc2ccc(CC(N)=O)cc2C1. The van der Waals surface area contributed by atoms with Gasteiger partial charge in [0.15, 0.2) is 0 Å². The highest BCUT2D eigenvalue weighted by molar-refractivity contribution is 7.07. The first-order valence-corrected chi connectivity index (χ1v) is 10.2. The number of aryl methyl sites for hydroxylation is 1. The lowest BCUT2D eigenvalue weighted by atomic mass is 9.86. The normalized spacial score (nSPS) is 16.8. The summed E-state index contributed by atoms with van der Waals surface area (Å²) in [6.45, 7) is 4.55. The lowest BCUT2D eigenvalue weighted by molar-refractivity contribution is -0.117. The average molecular weight is 357 g/mol. The average Bonchev–Trinajstić information content (AvgIpc) is 3.11. The van der Waals surface area contributed by atoms with Gasteiger partial charge in [-0.05, 0) is 77.7 Å². The Morgan fingerprint density at radius 3 is 2.84 bits per heavy atom. The Bertz CT molecular complexity index is 696. The smallest absolute Gasteiger partial charge is 0.221 e. The van der Waals surface area contributed by atoms with E-state index in [1.165, 1.54) is 29.5 Å². The van der Waals surface area contributed by atoms with Crippen LogP contribution in [0.5, 0.6) is 0 Å². The minimum Gasteiger partial charge on any atom is -0.369 e. The van der Waals surface area contributed by atoms with Crippen molar-refractivity contribution in [3.8, 4) is 0 Å². The molecule has 1 aliphatic carbocycles. The summed E-state index contributed by atoms with van der Waals surface area (Å²) in [5.41, 5.74) is 10.7. The third-order valence-corrected chi connectivity index (χ3v) is 5.88. The number of amides is 1. The van der Waals surface area contributed by atoms with Gasteiger partial charge in [-0.2, -0.15) is 11.3 Å². The summed E-state index contributed by atoms with van der Waals surface area (Å²) >= 11 is 1.78. The maximum Gasteiger partial charge on any atom is 0.221 e. The van der Waals surface area contributed by atoms with Crippen molar-refractivity contribution in [2.45, 2.75) is 51.5 Å². The number of hydrogen-bond acceptors (Lipinski definition) is 3. The van der Waals surface area contributed by atoms with E-state index in [4.69, 9.17) is 5.73 Å². The molecule has 0 fully saturated rings. The van der Waals surface area contributed by atoms with E-state index in [9.17, 15) is 4.79 Å².